The summed E-state index contributed by atoms with van der Waals surface area (Å²) in [6, 6.07) is 7.39. The molecule has 2 aromatic rings. The Bertz CT molecular complexity index is 1020. The van der Waals surface area contributed by atoms with Crippen molar-refractivity contribution in [3.8, 4) is 5.75 Å². The normalized spacial score (nSPS) is 12.7. The summed E-state index contributed by atoms with van der Waals surface area (Å²) in [5.74, 6) is -1.88. The number of non-ortho nitro benzene ring substituents is 1. The summed E-state index contributed by atoms with van der Waals surface area (Å²) in [5, 5.41) is 10.6. The molecule has 0 atom stereocenters. The highest BCUT2D eigenvalue weighted by Crippen LogP contribution is 2.30. The van der Waals surface area contributed by atoms with Gasteiger partial charge in [-0.05, 0) is 24.3 Å². The Morgan fingerprint density at radius 2 is 1.89 bits per heavy atom. The molecule has 2 amide bonds. The zero-order chi connectivity index (χ0) is 19.7. The number of esters is 1. The number of nitro benzene ring substituents is 1. The van der Waals surface area contributed by atoms with E-state index in [4.69, 9.17) is 16.3 Å². The molecular formula is C18H11ClN2O6. The molecule has 1 heterocycles. The maximum Gasteiger partial charge on any atom is 0.343 e. The second-order valence-corrected chi connectivity index (χ2v) is 5.94. The lowest BCUT2D eigenvalue weighted by Crippen LogP contribution is -2.29. The van der Waals surface area contributed by atoms with E-state index < -0.39 is 22.7 Å². The first-order valence-corrected chi connectivity index (χ1v) is 7.98. The maximum absolute atomic E-state index is 12.3. The van der Waals surface area contributed by atoms with E-state index in [1.165, 1.54) is 30.3 Å². The van der Waals surface area contributed by atoms with Gasteiger partial charge in [-0.15, -0.1) is 6.58 Å². The fourth-order valence-electron chi connectivity index (χ4n) is 2.56. The molecule has 2 aromatic carbocycles. The topological polar surface area (TPSA) is 107 Å². The first kappa shape index (κ1) is 18.3. The maximum atomic E-state index is 12.3. The van der Waals surface area contributed by atoms with Gasteiger partial charge in [0.25, 0.3) is 17.5 Å². The van der Waals surface area contributed by atoms with Crippen LogP contribution < -0.4 is 4.74 Å². The third-order valence-electron chi connectivity index (χ3n) is 3.85. The van der Waals surface area contributed by atoms with Crippen LogP contribution in [0.4, 0.5) is 5.69 Å². The van der Waals surface area contributed by atoms with Crippen molar-refractivity contribution in [3.63, 3.8) is 0 Å². The van der Waals surface area contributed by atoms with Crippen molar-refractivity contribution in [1.82, 2.24) is 4.90 Å². The predicted octanol–water partition coefficient (Wildman–Crippen LogP) is 3.25. The van der Waals surface area contributed by atoms with Gasteiger partial charge >= 0.3 is 5.97 Å². The minimum atomic E-state index is -0.823. The fourth-order valence-corrected chi connectivity index (χ4v) is 2.77. The summed E-state index contributed by atoms with van der Waals surface area (Å²) in [6.45, 7) is 3.56. The van der Waals surface area contributed by atoms with Crippen LogP contribution in [0.2, 0.25) is 5.02 Å². The molecule has 0 radical (unpaired) electrons. The number of imide groups is 1. The highest BCUT2D eigenvalue weighted by Gasteiger charge is 2.35. The number of amides is 2. The van der Waals surface area contributed by atoms with Crippen LogP contribution >= 0.6 is 11.6 Å². The standard InChI is InChI=1S/C18H11ClN2O6/c1-2-7-20-16(22)12-5-3-10(8-13(12)17(20)23)18(24)27-15-6-4-11(21(25)26)9-14(15)19/h2-6,8-9H,1,7H2. The molecular weight excluding hydrogens is 376 g/mol. The van der Waals surface area contributed by atoms with Crippen LogP contribution in [-0.2, 0) is 0 Å². The molecule has 0 aromatic heterocycles. The monoisotopic (exact) mass is 386 g/mol. The molecule has 0 spiro atoms. The number of hydrogen-bond acceptors (Lipinski definition) is 6. The van der Waals surface area contributed by atoms with Crippen molar-refractivity contribution in [2.45, 2.75) is 0 Å². The van der Waals surface area contributed by atoms with Gasteiger partial charge in [-0.2, -0.15) is 0 Å². The fraction of sp³-hybridized carbons (Fsp3) is 0.0556. The molecule has 0 N–H and O–H groups in total. The molecule has 27 heavy (non-hydrogen) atoms. The van der Waals surface area contributed by atoms with E-state index in [2.05, 4.69) is 6.58 Å². The smallest absolute Gasteiger partial charge is 0.343 e. The van der Waals surface area contributed by atoms with E-state index in [9.17, 15) is 24.5 Å². The third kappa shape index (κ3) is 3.30. The number of rotatable bonds is 5. The Kier molecular flexibility index (Phi) is 4.74. The largest absolute Gasteiger partial charge is 0.421 e. The quantitative estimate of drug-likeness (QED) is 0.195. The van der Waals surface area contributed by atoms with Crippen molar-refractivity contribution in [3.05, 3.63) is 80.9 Å². The molecule has 0 unspecified atom stereocenters. The van der Waals surface area contributed by atoms with E-state index >= 15 is 0 Å². The number of carbonyl (C=O) groups is 3. The van der Waals surface area contributed by atoms with Gasteiger partial charge in [0.2, 0.25) is 0 Å². The molecule has 8 nitrogen and oxygen atoms in total. The van der Waals surface area contributed by atoms with Crippen LogP contribution in [-0.4, -0.2) is 34.2 Å². The molecule has 0 saturated heterocycles. The average molecular weight is 387 g/mol. The Labute approximate surface area is 157 Å². The third-order valence-corrected chi connectivity index (χ3v) is 4.14. The SMILES string of the molecule is C=CCN1C(=O)c2ccc(C(=O)Oc3ccc([N+](=O)[O-])cc3Cl)cc2C1=O. The number of fused-ring (bicyclic) bond motifs is 1. The molecule has 0 fully saturated rings. The minimum absolute atomic E-state index is 0.0322. The van der Waals surface area contributed by atoms with Crippen molar-refractivity contribution >= 4 is 35.1 Å². The lowest BCUT2D eigenvalue weighted by molar-refractivity contribution is -0.384. The number of carbonyl (C=O) groups excluding carboxylic acids is 3. The molecule has 9 heteroatoms. The van der Waals surface area contributed by atoms with E-state index in [1.54, 1.807) is 0 Å². The number of ether oxygens (including phenoxy) is 1. The van der Waals surface area contributed by atoms with Crippen LogP contribution in [0.1, 0.15) is 31.1 Å². The van der Waals surface area contributed by atoms with Gasteiger partial charge in [-0.1, -0.05) is 17.7 Å². The molecule has 0 aliphatic carbocycles. The second-order valence-electron chi connectivity index (χ2n) is 5.53. The molecule has 3 rings (SSSR count). The minimum Gasteiger partial charge on any atom is -0.421 e. The Morgan fingerprint density at radius 3 is 2.52 bits per heavy atom. The van der Waals surface area contributed by atoms with Crippen LogP contribution in [0.25, 0.3) is 0 Å². The highest BCUT2D eigenvalue weighted by molar-refractivity contribution is 6.32. The van der Waals surface area contributed by atoms with Crippen molar-refractivity contribution in [1.29, 1.82) is 0 Å². The van der Waals surface area contributed by atoms with Gasteiger partial charge in [0, 0.05) is 18.7 Å². The first-order chi connectivity index (χ1) is 12.8. The van der Waals surface area contributed by atoms with Crippen LogP contribution in [0.3, 0.4) is 0 Å². The predicted molar refractivity (Wildman–Crippen MR) is 95.1 cm³/mol. The number of nitro groups is 1. The highest BCUT2D eigenvalue weighted by atomic mass is 35.5. The molecule has 136 valence electrons. The van der Waals surface area contributed by atoms with Crippen molar-refractivity contribution in [2.24, 2.45) is 0 Å². The average Bonchev–Trinajstić information content (AvgIpc) is 2.88. The zero-order valence-corrected chi connectivity index (χ0v) is 14.4. The van der Waals surface area contributed by atoms with E-state index in [1.807, 2.05) is 0 Å². The van der Waals surface area contributed by atoms with Gasteiger partial charge in [-0.3, -0.25) is 24.6 Å². The van der Waals surface area contributed by atoms with Crippen LogP contribution in [0, 0.1) is 10.1 Å². The Morgan fingerprint density at radius 1 is 1.19 bits per heavy atom. The van der Waals surface area contributed by atoms with Gasteiger partial charge in [0.15, 0.2) is 0 Å². The summed E-state index contributed by atoms with van der Waals surface area (Å²) in [5.41, 5.74) is 0.0615. The van der Waals surface area contributed by atoms with Gasteiger partial charge < -0.3 is 4.74 Å². The number of halogens is 1. The summed E-state index contributed by atoms with van der Waals surface area (Å²) in [7, 11) is 0. The van der Waals surface area contributed by atoms with Crippen LogP contribution in [0.5, 0.6) is 5.75 Å². The number of nitrogens with zero attached hydrogens (tertiary/aromatic N) is 2. The lowest BCUT2D eigenvalue weighted by atomic mass is 10.1. The lowest BCUT2D eigenvalue weighted by Gasteiger charge is -2.09. The zero-order valence-electron chi connectivity index (χ0n) is 13.7. The van der Waals surface area contributed by atoms with E-state index in [-0.39, 0.29) is 39.7 Å². The van der Waals surface area contributed by atoms with Gasteiger partial charge in [-0.25, -0.2) is 4.79 Å². The molecule has 1 aliphatic heterocycles. The van der Waals surface area contributed by atoms with Crippen molar-refractivity contribution in [2.75, 3.05) is 6.54 Å². The summed E-state index contributed by atoms with van der Waals surface area (Å²) in [6.07, 6.45) is 1.42. The van der Waals surface area contributed by atoms with Gasteiger partial charge in [0.05, 0.1) is 26.6 Å². The molecule has 1 aliphatic rings. The van der Waals surface area contributed by atoms with Crippen LogP contribution in [0.15, 0.2) is 49.1 Å². The summed E-state index contributed by atoms with van der Waals surface area (Å²) in [4.78, 5) is 47.9. The van der Waals surface area contributed by atoms with Crippen molar-refractivity contribution < 1.29 is 24.0 Å². The first-order valence-electron chi connectivity index (χ1n) is 7.60. The van der Waals surface area contributed by atoms with Gasteiger partial charge in [0.1, 0.15) is 5.75 Å². The molecule has 0 bridgehead atoms. The molecule has 0 saturated carbocycles. The Hall–Kier alpha value is -3.52. The van der Waals surface area contributed by atoms with E-state index in [0.29, 0.717) is 0 Å². The number of benzene rings is 2. The Balaban J connectivity index is 1.86. The second kappa shape index (κ2) is 7.00. The summed E-state index contributed by atoms with van der Waals surface area (Å²) >= 11 is 5.90. The number of hydrogen-bond donors (Lipinski definition) is 0. The van der Waals surface area contributed by atoms with E-state index in [0.717, 1.165) is 17.0 Å². The summed E-state index contributed by atoms with van der Waals surface area (Å²) < 4.78 is 5.14.